The summed E-state index contributed by atoms with van der Waals surface area (Å²) in [7, 11) is 2.50. The number of para-hydroxylation sites is 1. The van der Waals surface area contributed by atoms with Crippen molar-refractivity contribution in [1.82, 2.24) is 0 Å². The van der Waals surface area contributed by atoms with Crippen molar-refractivity contribution >= 4 is 28.4 Å². The Hall–Kier alpha value is -3.47. The highest BCUT2D eigenvalue weighted by atomic mass is 16.5. The van der Waals surface area contributed by atoms with Gasteiger partial charge in [0.2, 0.25) is 5.52 Å². The van der Waals surface area contributed by atoms with Crippen LogP contribution in [-0.2, 0) is 25.6 Å². The largest absolute Gasteiger partial charge is 0.465 e. The number of methoxy groups -OCH3 is 2. The lowest BCUT2D eigenvalue weighted by Gasteiger charge is -2.12. The summed E-state index contributed by atoms with van der Waals surface area (Å²) in [6.07, 6.45) is 1.91. The molecule has 2 aromatic carbocycles. The zero-order valence-corrected chi connectivity index (χ0v) is 15.2. The summed E-state index contributed by atoms with van der Waals surface area (Å²) in [5.41, 5.74) is 2.17. The standard InChI is InChI=1S/C22H20NO4/c1-26-21(24)20(22(25)27-2)18(16-9-4-3-5-10-16)15-23-14-8-12-17-11-6-7-13-19(17)23/h3-14H,15H2,1-2H3/q+1. The number of aromatic nitrogens is 1. The first kappa shape index (κ1) is 18.3. The summed E-state index contributed by atoms with van der Waals surface area (Å²) in [6.45, 7) is 0.310. The third kappa shape index (κ3) is 3.87. The van der Waals surface area contributed by atoms with Crippen LogP contribution in [-0.4, -0.2) is 26.2 Å². The monoisotopic (exact) mass is 362 g/mol. The molecular formula is C22H20NO4+. The first-order valence-corrected chi connectivity index (χ1v) is 8.48. The minimum absolute atomic E-state index is 0.105. The maximum absolute atomic E-state index is 12.4. The van der Waals surface area contributed by atoms with Crippen molar-refractivity contribution in [3.63, 3.8) is 0 Å². The van der Waals surface area contributed by atoms with Gasteiger partial charge in [-0.3, -0.25) is 0 Å². The van der Waals surface area contributed by atoms with E-state index in [1.165, 1.54) is 14.2 Å². The molecule has 5 heteroatoms. The Morgan fingerprint density at radius 1 is 0.815 bits per heavy atom. The fraction of sp³-hybridized carbons (Fsp3) is 0.136. The normalized spacial score (nSPS) is 10.3. The minimum atomic E-state index is -0.721. The lowest BCUT2D eigenvalue weighted by Crippen LogP contribution is -2.36. The van der Waals surface area contributed by atoms with Gasteiger partial charge in [0, 0.05) is 23.1 Å². The van der Waals surface area contributed by atoms with Gasteiger partial charge < -0.3 is 9.47 Å². The van der Waals surface area contributed by atoms with Crippen LogP contribution < -0.4 is 4.57 Å². The molecule has 0 unspecified atom stereocenters. The highest BCUT2D eigenvalue weighted by Gasteiger charge is 2.28. The molecule has 0 spiro atoms. The Bertz CT molecular complexity index is 986. The van der Waals surface area contributed by atoms with Crippen LogP contribution in [0.1, 0.15) is 5.56 Å². The summed E-state index contributed by atoms with van der Waals surface area (Å²) in [5, 5.41) is 1.06. The van der Waals surface area contributed by atoms with Crippen LogP contribution in [0.15, 0.2) is 78.5 Å². The van der Waals surface area contributed by atoms with E-state index in [2.05, 4.69) is 0 Å². The van der Waals surface area contributed by atoms with E-state index >= 15 is 0 Å². The highest BCUT2D eigenvalue weighted by Crippen LogP contribution is 2.22. The topological polar surface area (TPSA) is 56.5 Å². The number of rotatable bonds is 5. The molecule has 0 atom stereocenters. The average molecular weight is 362 g/mol. The van der Waals surface area contributed by atoms with E-state index < -0.39 is 11.9 Å². The van der Waals surface area contributed by atoms with Crippen molar-refractivity contribution in [2.24, 2.45) is 0 Å². The number of carbonyl (C=O) groups is 2. The maximum Gasteiger partial charge on any atom is 0.345 e. The molecule has 0 bridgehead atoms. The molecule has 0 aliphatic carbocycles. The number of pyridine rings is 1. The summed E-state index contributed by atoms with van der Waals surface area (Å²) in [5.74, 6) is -1.44. The van der Waals surface area contributed by atoms with Crippen molar-refractivity contribution in [3.8, 4) is 0 Å². The fourth-order valence-electron chi connectivity index (χ4n) is 3.02. The Kier molecular flexibility index (Phi) is 5.61. The van der Waals surface area contributed by atoms with Gasteiger partial charge >= 0.3 is 11.9 Å². The van der Waals surface area contributed by atoms with Crippen LogP contribution in [0.25, 0.3) is 16.5 Å². The molecule has 0 radical (unpaired) electrons. The van der Waals surface area contributed by atoms with Crippen molar-refractivity contribution in [2.45, 2.75) is 6.54 Å². The van der Waals surface area contributed by atoms with Gasteiger partial charge in [-0.2, -0.15) is 4.57 Å². The number of hydrogen-bond acceptors (Lipinski definition) is 4. The lowest BCUT2D eigenvalue weighted by atomic mass is 9.99. The van der Waals surface area contributed by atoms with Crippen molar-refractivity contribution in [1.29, 1.82) is 0 Å². The molecule has 136 valence electrons. The number of benzene rings is 2. The Morgan fingerprint density at radius 3 is 2.07 bits per heavy atom. The van der Waals surface area contributed by atoms with Gasteiger partial charge in [-0.1, -0.05) is 42.5 Å². The zero-order chi connectivity index (χ0) is 19.2. The zero-order valence-electron chi connectivity index (χ0n) is 15.2. The number of carbonyl (C=O) groups excluding carboxylic acids is 2. The van der Waals surface area contributed by atoms with Gasteiger partial charge in [-0.25, -0.2) is 9.59 Å². The number of hydrogen-bond donors (Lipinski definition) is 0. The van der Waals surface area contributed by atoms with Gasteiger partial charge in [-0.15, -0.1) is 0 Å². The van der Waals surface area contributed by atoms with Gasteiger partial charge in [0.1, 0.15) is 0 Å². The Labute approximate surface area is 157 Å². The van der Waals surface area contributed by atoms with E-state index in [4.69, 9.17) is 9.47 Å². The molecule has 0 aliphatic heterocycles. The van der Waals surface area contributed by atoms with Gasteiger partial charge in [0.05, 0.1) is 14.2 Å². The van der Waals surface area contributed by atoms with E-state index in [0.717, 1.165) is 16.5 Å². The molecule has 27 heavy (non-hydrogen) atoms. The maximum atomic E-state index is 12.4. The van der Waals surface area contributed by atoms with Crippen LogP contribution in [0.2, 0.25) is 0 Å². The van der Waals surface area contributed by atoms with Crippen LogP contribution >= 0.6 is 0 Å². The SMILES string of the molecule is COC(=O)C(C(=O)OC)=C(C[n+]1cccc2ccccc21)c1ccccc1. The average Bonchev–Trinajstić information content (AvgIpc) is 2.73. The highest BCUT2D eigenvalue weighted by molar-refractivity contribution is 6.19. The third-order valence-electron chi connectivity index (χ3n) is 4.32. The van der Waals surface area contributed by atoms with Gasteiger partial charge in [-0.05, 0) is 17.7 Å². The molecule has 0 aliphatic rings. The van der Waals surface area contributed by atoms with E-state index in [0.29, 0.717) is 12.1 Å². The van der Waals surface area contributed by atoms with Crippen molar-refractivity contribution in [2.75, 3.05) is 14.2 Å². The number of allylic oxidation sites excluding steroid dienone is 1. The lowest BCUT2D eigenvalue weighted by molar-refractivity contribution is -0.658. The Morgan fingerprint density at radius 2 is 1.41 bits per heavy atom. The molecule has 0 N–H and O–H groups in total. The second-order valence-electron chi connectivity index (χ2n) is 5.90. The molecule has 3 rings (SSSR count). The molecule has 3 aromatic rings. The summed E-state index contributed by atoms with van der Waals surface area (Å²) in [4.78, 5) is 24.8. The predicted molar refractivity (Wildman–Crippen MR) is 102 cm³/mol. The van der Waals surface area contributed by atoms with E-state index in [-0.39, 0.29) is 5.57 Å². The Balaban J connectivity index is 2.22. The molecule has 1 aromatic heterocycles. The summed E-state index contributed by atoms with van der Waals surface area (Å²) < 4.78 is 11.7. The smallest absolute Gasteiger partial charge is 0.345 e. The second kappa shape index (κ2) is 8.27. The minimum Gasteiger partial charge on any atom is -0.465 e. The van der Waals surface area contributed by atoms with Crippen LogP contribution in [0.3, 0.4) is 0 Å². The predicted octanol–water partition coefficient (Wildman–Crippen LogP) is 2.93. The van der Waals surface area contributed by atoms with Crippen LogP contribution in [0, 0.1) is 0 Å². The first-order chi connectivity index (χ1) is 13.2. The first-order valence-electron chi connectivity index (χ1n) is 8.48. The second-order valence-corrected chi connectivity index (χ2v) is 5.90. The molecule has 0 amide bonds. The van der Waals surface area contributed by atoms with Crippen LogP contribution in [0.5, 0.6) is 0 Å². The molecule has 1 heterocycles. The summed E-state index contributed by atoms with van der Waals surface area (Å²) >= 11 is 0. The molecule has 0 saturated carbocycles. The van der Waals surface area contributed by atoms with E-state index in [1.807, 2.05) is 77.5 Å². The number of esters is 2. The van der Waals surface area contributed by atoms with Crippen molar-refractivity contribution in [3.05, 3.63) is 84.1 Å². The summed E-state index contributed by atoms with van der Waals surface area (Å²) in [6, 6.07) is 21.2. The number of fused-ring (bicyclic) bond motifs is 1. The van der Waals surface area contributed by atoms with E-state index in [9.17, 15) is 9.59 Å². The fourth-order valence-corrected chi connectivity index (χ4v) is 3.02. The molecular weight excluding hydrogens is 342 g/mol. The van der Waals surface area contributed by atoms with Gasteiger partial charge in [0.15, 0.2) is 18.3 Å². The quantitative estimate of drug-likeness (QED) is 0.230. The molecule has 0 saturated heterocycles. The van der Waals surface area contributed by atoms with E-state index in [1.54, 1.807) is 0 Å². The van der Waals surface area contributed by atoms with Crippen molar-refractivity contribution < 1.29 is 23.6 Å². The number of nitrogens with zero attached hydrogens (tertiary/aromatic N) is 1. The molecule has 0 fully saturated rings. The molecule has 5 nitrogen and oxygen atoms in total. The van der Waals surface area contributed by atoms with Crippen LogP contribution in [0.4, 0.5) is 0 Å². The van der Waals surface area contributed by atoms with Gasteiger partial charge in [0.25, 0.3) is 0 Å². The number of ether oxygens (including phenoxy) is 2. The third-order valence-corrected chi connectivity index (χ3v) is 4.32.